The Morgan fingerprint density at radius 2 is 2.16 bits per heavy atom. The van der Waals surface area contributed by atoms with Gasteiger partial charge in [0.15, 0.2) is 5.69 Å². The fraction of sp³-hybridized carbons (Fsp3) is 0.227. The number of hydrogen-bond donors (Lipinski definition) is 3. The van der Waals surface area contributed by atoms with Crippen LogP contribution in [0.2, 0.25) is 0 Å². The Balaban J connectivity index is 1.85. The standard InChI is InChI=1S/C22H19N7O3/c1-25-20-17-16(11-14(12-23)26-20)29(27-18(17)19(24)30)15-5-3-4-13(10-15)6-7-22(32)8-9-28(2)21(22)31/h3-5,10-11,32H,8-9H2,1-2H3,(H2,24,30)(H,25,26)/t22-/m0/s1. The second kappa shape index (κ2) is 7.69. The van der Waals surface area contributed by atoms with E-state index < -0.39 is 17.4 Å². The van der Waals surface area contributed by atoms with Gasteiger partial charge in [-0.3, -0.25) is 9.59 Å². The molecule has 0 bridgehead atoms. The van der Waals surface area contributed by atoms with E-state index in [4.69, 9.17) is 5.73 Å². The summed E-state index contributed by atoms with van der Waals surface area (Å²) in [6.07, 6.45) is 0.234. The number of rotatable bonds is 3. The van der Waals surface area contributed by atoms with Gasteiger partial charge in [0, 0.05) is 38.7 Å². The van der Waals surface area contributed by atoms with Crippen molar-refractivity contribution in [2.45, 2.75) is 12.0 Å². The molecule has 0 aliphatic carbocycles. The first-order valence-corrected chi connectivity index (χ1v) is 9.70. The molecule has 1 saturated heterocycles. The maximum atomic E-state index is 12.1. The van der Waals surface area contributed by atoms with Gasteiger partial charge in [-0.25, -0.2) is 9.67 Å². The van der Waals surface area contributed by atoms with Crippen LogP contribution in [0.15, 0.2) is 30.3 Å². The molecule has 1 aromatic carbocycles. The zero-order valence-corrected chi connectivity index (χ0v) is 17.4. The number of benzene rings is 1. The molecule has 1 fully saturated rings. The Bertz CT molecular complexity index is 1380. The number of nitrogens with zero attached hydrogens (tertiary/aromatic N) is 5. The topological polar surface area (TPSA) is 150 Å². The number of pyridine rings is 1. The second-order valence-corrected chi connectivity index (χ2v) is 7.37. The molecule has 0 unspecified atom stereocenters. The van der Waals surface area contributed by atoms with Crippen LogP contribution in [0.5, 0.6) is 0 Å². The van der Waals surface area contributed by atoms with Crippen LogP contribution in [-0.4, -0.2) is 62.8 Å². The average Bonchev–Trinajstić information content (AvgIpc) is 3.31. The van der Waals surface area contributed by atoms with Crippen LogP contribution in [-0.2, 0) is 4.79 Å². The highest BCUT2D eigenvalue weighted by Crippen LogP contribution is 2.28. The molecular formula is C22H19N7O3. The SMILES string of the molecule is CNc1nc(C#N)cc2c1c(C(N)=O)nn2-c1cccc(C#C[C@]2(O)CCN(C)C2=O)c1. The zero-order valence-electron chi connectivity index (χ0n) is 17.4. The summed E-state index contributed by atoms with van der Waals surface area (Å²) in [6.45, 7) is 0.433. The van der Waals surface area contributed by atoms with Crippen molar-refractivity contribution in [3.05, 3.63) is 47.3 Å². The number of aromatic nitrogens is 3. The Hall–Kier alpha value is -4.41. The number of fused-ring (bicyclic) bond motifs is 1. The molecule has 2 aromatic heterocycles. The lowest BCUT2D eigenvalue weighted by molar-refractivity contribution is -0.137. The Morgan fingerprint density at radius 1 is 1.38 bits per heavy atom. The van der Waals surface area contributed by atoms with Gasteiger partial charge >= 0.3 is 0 Å². The third-order valence-electron chi connectivity index (χ3n) is 5.26. The van der Waals surface area contributed by atoms with Crippen LogP contribution in [0, 0.1) is 23.2 Å². The lowest BCUT2D eigenvalue weighted by Crippen LogP contribution is -2.37. The van der Waals surface area contributed by atoms with Crippen LogP contribution < -0.4 is 11.1 Å². The van der Waals surface area contributed by atoms with Crippen molar-refractivity contribution in [3.63, 3.8) is 0 Å². The highest BCUT2D eigenvalue weighted by atomic mass is 16.3. The second-order valence-electron chi connectivity index (χ2n) is 7.37. The number of primary amides is 1. The first kappa shape index (κ1) is 20.8. The van der Waals surface area contributed by atoms with E-state index >= 15 is 0 Å². The number of amides is 2. The summed E-state index contributed by atoms with van der Waals surface area (Å²) in [4.78, 5) is 29.8. The van der Waals surface area contributed by atoms with Gasteiger partial charge in [0.05, 0.1) is 16.6 Å². The van der Waals surface area contributed by atoms with Crippen molar-refractivity contribution in [1.29, 1.82) is 5.26 Å². The number of carbonyl (C=O) groups excluding carboxylic acids is 2. The quantitative estimate of drug-likeness (QED) is 0.509. The molecular weight excluding hydrogens is 410 g/mol. The number of aliphatic hydroxyl groups is 1. The van der Waals surface area contributed by atoms with Crippen LogP contribution in [0.1, 0.15) is 28.2 Å². The van der Waals surface area contributed by atoms with E-state index in [0.717, 1.165) is 0 Å². The van der Waals surface area contributed by atoms with E-state index in [-0.39, 0.29) is 17.8 Å². The normalized spacial score (nSPS) is 17.7. The number of carbonyl (C=O) groups is 2. The van der Waals surface area contributed by atoms with Gasteiger partial charge in [0.2, 0.25) is 5.60 Å². The molecule has 4 N–H and O–H groups in total. The molecule has 1 aliphatic rings. The molecule has 1 atom stereocenters. The molecule has 0 radical (unpaired) electrons. The number of nitriles is 1. The molecule has 4 rings (SSSR count). The maximum absolute atomic E-state index is 12.1. The summed E-state index contributed by atoms with van der Waals surface area (Å²) < 4.78 is 1.48. The van der Waals surface area contributed by atoms with Crippen molar-refractivity contribution >= 4 is 28.5 Å². The smallest absolute Gasteiger partial charge is 0.270 e. The number of likely N-dealkylation sites (tertiary alicyclic amines) is 1. The lowest BCUT2D eigenvalue weighted by atomic mass is 10.0. The minimum absolute atomic E-state index is 0.00623. The summed E-state index contributed by atoms with van der Waals surface area (Å²) in [6, 6.07) is 10.4. The number of likely N-dealkylation sites (N-methyl/N-ethyl adjacent to an activating group) is 1. The lowest BCUT2D eigenvalue weighted by Gasteiger charge is -2.13. The van der Waals surface area contributed by atoms with Gasteiger partial charge in [-0.15, -0.1) is 0 Å². The predicted molar refractivity (Wildman–Crippen MR) is 116 cm³/mol. The fourth-order valence-electron chi connectivity index (χ4n) is 3.60. The van der Waals surface area contributed by atoms with Gasteiger partial charge in [-0.2, -0.15) is 10.4 Å². The van der Waals surface area contributed by atoms with Crippen LogP contribution >= 0.6 is 0 Å². The van der Waals surface area contributed by atoms with Crippen LogP contribution in [0.3, 0.4) is 0 Å². The molecule has 1 aliphatic heterocycles. The molecule has 32 heavy (non-hydrogen) atoms. The van der Waals surface area contributed by atoms with E-state index in [1.54, 1.807) is 38.4 Å². The van der Waals surface area contributed by atoms with E-state index in [9.17, 15) is 20.0 Å². The monoisotopic (exact) mass is 429 g/mol. The fourth-order valence-corrected chi connectivity index (χ4v) is 3.60. The summed E-state index contributed by atoms with van der Waals surface area (Å²) in [5.41, 5.74) is 5.51. The first-order valence-electron chi connectivity index (χ1n) is 9.70. The summed E-state index contributed by atoms with van der Waals surface area (Å²) >= 11 is 0. The van der Waals surface area contributed by atoms with Gasteiger partial charge in [0.25, 0.3) is 11.8 Å². The average molecular weight is 429 g/mol. The molecule has 0 spiro atoms. The summed E-state index contributed by atoms with van der Waals surface area (Å²) in [5.74, 6) is 4.67. The van der Waals surface area contributed by atoms with Crippen molar-refractivity contribution in [3.8, 4) is 23.6 Å². The minimum atomic E-state index is -1.71. The zero-order chi connectivity index (χ0) is 23.0. The molecule has 0 saturated carbocycles. The summed E-state index contributed by atoms with van der Waals surface area (Å²) in [5, 5.41) is 27.5. The molecule has 10 heteroatoms. The number of anilines is 1. The molecule has 3 aromatic rings. The number of nitrogens with one attached hydrogen (secondary N) is 1. The Labute approximate surface area is 183 Å². The highest BCUT2D eigenvalue weighted by Gasteiger charge is 2.42. The van der Waals surface area contributed by atoms with Crippen molar-refractivity contribution < 1.29 is 14.7 Å². The Kier molecular flexibility index (Phi) is 5.01. The predicted octanol–water partition coefficient (Wildman–Crippen LogP) is 0.377. The summed E-state index contributed by atoms with van der Waals surface area (Å²) in [7, 11) is 3.24. The Morgan fingerprint density at radius 3 is 2.78 bits per heavy atom. The largest absolute Gasteiger partial charge is 0.372 e. The van der Waals surface area contributed by atoms with Gasteiger partial charge in [-0.05, 0) is 18.2 Å². The minimum Gasteiger partial charge on any atom is -0.372 e. The van der Waals surface area contributed by atoms with Gasteiger partial charge in [-0.1, -0.05) is 17.9 Å². The van der Waals surface area contributed by atoms with Gasteiger partial charge < -0.3 is 21.1 Å². The van der Waals surface area contributed by atoms with Crippen LogP contribution in [0.4, 0.5) is 5.82 Å². The molecule has 160 valence electrons. The van der Waals surface area contributed by atoms with E-state index in [2.05, 4.69) is 27.2 Å². The van der Waals surface area contributed by atoms with E-state index in [1.807, 2.05) is 6.07 Å². The molecule has 10 nitrogen and oxygen atoms in total. The van der Waals surface area contributed by atoms with Crippen molar-refractivity contribution in [2.75, 3.05) is 26.0 Å². The van der Waals surface area contributed by atoms with Gasteiger partial charge in [0.1, 0.15) is 17.6 Å². The maximum Gasteiger partial charge on any atom is 0.270 e. The van der Waals surface area contributed by atoms with E-state index in [1.165, 1.54) is 15.6 Å². The third-order valence-corrected chi connectivity index (χ3v) is 5.26. The van der Waals surface area contributed by atoms with Crippen LogP contribution in [0.25, 0.3) is 16.6 Å². The third kappa shape index (κ3) is 3.39. The van der Waals surface area contributed by atoms with Crippen molar-refractivity contribution in [2.24, 2.45) is 5.73 Å². The molecule has 3 heterocycles. The van der Waals surface area contributed by atoms with Crippen molar-refractivity contribution in [1.82, 2.24) is 19.7 Å². The number of hydrogen-bond acceptors (Lipinski definition) is 7. The highest BCUT2D eigenvalue weighted by molar-refractivity contribution is 6.08. The number of nitrogens with two attached hydrogens (primary N) is 1. The first-order chi connectivity index (χ1) is 15.3. The van der Waals surface area contributed by atoms with E-state index in [0.29, 0.717) is 34.5 Å². The molecule has 2 amide bonds.